The van der Waals surface area contributed by atoms with E-state index in [-0.39, 0.29) is 5.82 Å². The van der Waals surface area contributed by atoms with Crippen molar-refractivity contribution in [2.75, 3.05) is 0 Å². The van der Waals surface area contributed by atoms with Gasteiger partial charge in [-0.3, -0.25) is 0 Å². The number of hydrogen-bond donors (Lipinski definition) is 0. The Kier molecular flexibility index (Phi) is 3.00. The van der Waals surface area contributed by atoms with Gasteiger partial charge < -0.3 is 8.98 Å². The third-order valence-corrected chi connectivity index (χ3v) is 4.34. The monoisotopic (exact) mass is 300 g/mol. The van der Waals surface area contributed by atoms with Crippen LogP contribution in [0.2, 0.25) is 0 Å². The maximum Gasteiger partial charge on any atom is 0.190 e. The Labute approximate surface area is 125 Å². The highest BCUT2D eigenvalue weighted by atomic mass is 32.1. The van der Waals surface area contributed by atoms with Gasteiger partial charge in [0.05, 0.1) is 12.0 Å². The molecule has 0 N–H and O–H groups in total. The van der Waals surface area contributed by atoms with Gasteiger partial charge in [0.15, 0.2) is 10.6 Å². The van der Waals surface area contributed by atoms with Crippen LogP contribution in [0, 0.1) is 5.82 Å². The van der Waals surface area contributed by atoms with Crippen molar-refractivity contribution in [1.29, 1.82) is 0 Å². The van der Waals surface area contributed by atoms with Gasteiger partial charge in [0.25, 0.3) is 0 Å². The molecule has 21 heavy (non-hydrogen) atoms. The first-order valence-electron chi connectivity index (χ1n) is 6.86. The average molecular weight is 300 g/mol. The molecule has 0 saturated heterocycles. The lowest BCUT2D eigenvalue weighted by molar-refractivity contribution is 0.570. The Morgan fingerprint density at radius 3 is 2.76 bits per heavy atom. The standard InChI is InChI=1S/C16H13FN2OS/c17-12-4-1-2-5-13(12)18-16-19(11-7-8-11)14(10-21-16)15-6-3-9-20-15/h1-6,9-11H,7-8H2. The topological polar surface area (TPSA) is 30.4 Å². The van der Waals surface area contributed by atoms with Gasteiger partial charge in [-0.1, -0.05) is 12.1 Å². The molecular weight excluding hydrogens is 287 g/mol. The quantitative estimate of drug-likeness (QED) is 0.699. The Morgan fingerprint density at radius 2 is 2.05 bits per heavy atom. The minimum absolute atomic E-state index is 0.298. The SMILES string of the molecule is Fc1ccccc1N=c1scc(-c2ccco2)n1C1CC1. The van der Waals surface area contributed by atoms with Gasteiger partial charge in [0, 0.05) is 11.4 Å². The van der Waals surface area contributed by atoms with Crippen LogP contribution < -0.4 is 4.80 Å². The molecule has 0 atom stereocenters. The lowest BCUT2D eigenvalue weighted by atomic mass is 10.3. The van der Waals surface area contributed by atoms with E-state index in [1.54, 1.807) is 24.5 Å². The maximum absolute atomic E-state index is 13.8. The highest BCUT2D eigenvalue weighted by Crippen LogP contribution is 2.38. The first-order valence-corrected chi connectivity index (χ1v) is 7.74. The Morgan fingerprint density at radius 1 is 1.19 bits per heavy atom. The molecule has 0 aliphatic heterocycles. The molecule has 1 aliphatic carbocycles. The zero-order valence-corrected chi connectivity index (χ0v) is 12.0. The molecular formula is C16H13FN2OS. The van der Waals surface area contributed by atoms with E-state index < -0.39 is 0 Å². The fraction of sp³-hybridized carbons (Fsp3) is 0.188. The maximum atomic E-state index is 13.8. The van der Waals surface area contributed by atoms with Crippen LogP contribution in [0.1, 0.15) is 18.9 Å². The molecule has 106 valence electrons. The Hall–Kier alpha value is -2.14. The van der Waals surface area contributed by atoms with Crippen molar-refractivity contribution in [2.45, 2.75) is 18.9 Å². The molecule has 1 fully saturated rings. The van der Waals surface area contributed by atoms with Gasteiger partial charge in [0.2, 0.25) is 0 Å². The van der Waals surface area contributed by atoms with Crippen LogP contribution in [0.3, 0.4) is 0 Å². The van der Waals surface area contributed by atoms with Gasteiger partial charge in [0.1, 0.15) is 11.5 Å². The number of para-hydroxylation sites is 1. The van der Waals surface area contributed by atoms with E-state index in [1.807, 2.05) is 17.5 Å². The summed E-state index contributed by atoms with van der Waals surface area (Å²) in [7, 11) is 0. The molecule has 1 aliphatic rings. The fourth-order valence-corrected chi connectivity index (χ4v) is 3.30. The molecule has 2 aromatic heterocycles. The van der Waals surface area contributed by atoms with Crippen LogP contribution in [-0.4, -0.2) is 4.57 Å². The second-order valence-corrected chi connectivity index (χ2v) is 5.88. The van der Waals surface area contributed by atoms with E-state index in [9.17, 15) is 4.39 Å². The molecule has 0 unspecified atom stereocenters. The predicted molar refractivity (Wildman–Crippen MR) is 79.9 cm³/mol. The van der Waals surface area contributed by atoms with E-state index in [1.165, 1.54) is 17.4 Å². The van der Waals surface area contributed by atoms with E-state index in [2.05, 4.69) is 9.56 Å². The van der Waals surface area contributed by atoms with E-state index in [0.29, 0.717) is 11.7 Å². The highest BCUT2D eigenvalue weighted by molar-refractivity contribution is 7.07. The van der Waals surface area contributed by atoms with Crippen LogP contribution in [0.25, 0.3) is 11.5 Å². The first-order chi connectivity index (χ1) is 10.3. The summed E-state index contributed by atoms with van der Waals surface area (Å²) in [5, 5.41) is 2.02. The van der Waals surface area contributed by atoms with Gasteiger partial charge in [-0.25, -0.2) is 9.38 Å². The molecule has 0 bridgehead atoms. The lowest BCUT2D eigenvalue weighted by Gasteiger charge is -2.05. The molecule has 1 aromatic carbocycles. The predicted octanol–water partition coefficient (Wildman–Crippen LogP) is 4.52. The summed E-state index contributed by atoms with van der Waals surface area (Å²) in [4.78, 5) is 5.31. The van der Waals surface area contributed by atoms with E-state index in [4.69, 9.17) is 4.42 Å². The van der Waals surface area contributed by atoms with Crippen LogP contribution in [0.5, 0.6) is 0 Å². The first kappa shape index (κ1) is 12.6. The number of halogens is 1. The summed E-state index contributed by atoms with van der Waals surface area (Å²) in [5.41, 5.74) is 1.39. The van der Waals surface area contributed by atoms with Gasteiger partial charge in [-0.15, -0.1) is 11.3 Å². The molecule has 4 rings (SSSR count). The average Bonchev–Trinajstić information content (AvgIpc) is 3.02. The number of aromatic nitrogens is 1. The molecule has 0 radical (unpaired) electrons. The van der Waals surface area contributed by atoms with E-state index >= 15 is 0 Å². The van der Waals surface area contributed by atoms with Crippen molar-refractivity contribution in [2.24, 2.45) is 4.99 Å². The second-order valence-electron chi connectivity index (χ2n) is 5.05. The molecule has 3 nitrogen and oxygen atoms in total. The number of hydrogen-bond acceptors (Lipinski definition) is 3. The molecule has 0 amide bonds. The van der Waals surface area contributed by atoms with Crippen LogP contribution in [0.4, 0.5) is 10.1 Å². The number of nitrogens with zero attached hydrogens (tertiary/aromatic N) is 2. The van der Waals surface area contributed by atoms with Crippen molar-refractivity contribution in [3.05, 3.63) is 58.7 Å². The van der Waals surface area contributed by atoms with E-state index in [0.717, 1.165) is 29.1 Å². The normalized spacial score (nSPS) is 15.6. The number of benzene rings is 1. The zero-order chi connectivity index (χ0) is 14.2. The summed E-state index contributed by atoms with van der Waals surface area (Å²) < 4.78 is 21.4. The summed E-state index contributed by atoms with van der Waals surface area (Å²) in [6.45, 7) is 0. The van der Waals surface area contributed by atoms with Gasteiger partial charge in [-0.2, -0.15) is 0 Å². The smallest absolute Gasteiger partial charge is 0.190 e. The summed E-state index contributed by atoms with van der Waals surface area (Å²) in [5.74, 6) is 0.529. The van der Waals surface area contributed by atoms with Crippen LogP contribution >= 0.6 is 11.3 Å². The minimum atomic E-state index is -0.298. The summed E-state index contributed by atoms with van der Waals surface area (Å²) >= 11 is 1.52. The number of thiazole rings is 1. The number of rotatable bonds is 3. The summed E-state index contributed by atoms with van der Waals surface area (Å²) in [6, 6.07) is 10.9. The summed E-state index contributed by atoms with van der Waals surface area (Å²) in [6.07, 6.45) is 3.93. The third-order valence-electron chi connectivity index (χ3n) is 3.50. The number of furan rings is 1. The largest absolute Gasteiger partial charge is 0.463 e. The van der Waals surface area contributed by atoms with Gasteiger partial charge >= 0.3 is 0 Å². The van der Waals surface area contributed by atoms with Crippen molar-refractivity contribution < 1.29 is 8.81 Å². The van der Waals surface area contributed by atoms with Crippen molar-refractivity contribution >= 4 is 17.0 Å². The van der Waals surface area contributed by atoms with Gasteiger partial charge in [-0.05, 0) is 37.1 Å². The third kappa shape index (κ3) is 2.34. The molecule has 0 spiro atoms. The molecule has 5 heteroatoms. The molecule has 1 saturated carbocycles. The molecule has 3 aromatic rings. The Balaban J connectivity index is 1.89. The minimum Gasteiger partial charge on any atom is -0.463 e. The zero-order valence-electron chi connectivity index (χ0n) is 11.2. The van der Waals surface area contributed by atoms with Crippen LogP contribution in [-0.2, 0) is 0 Å². The second kappa shape index (κ2) is 5.00. The molecule has 2 heterocycles. The Bertz CT molecular complexity index is 828. The fourth-order valence-electron chi connectivity index (χ4n) is 2.34. The van der Waals surface area contributed by atoms with Crippen molar-refractivity contribution in [1.82, 2.24) is 4.57 Å². The van der Waals surface area contributed by atoms with Crippen LogP contribution in [0.15, 0.2) is 57.5 Å². The highest BCUT2D eigenvalue weighted by Gasteiger charge is 2.28. The van der Waals surface area contributed by atoms with Crippen molar-refractivity contribution in [3.63, 3.8) is 0 Å². The lowest BCUT2D eigenvalue weighted by Crippen LogP contribution is -2.14. The van der Waals surface area contributed by atoms with Crippen molar-refractivity contribution in [3.8, 4) is 11.5 Å².